The van der Waals surface area contributed by atoms with Gasteiger partial charge in [-0.2, -0.15) is 0 Å². The number of hydrogen-bond acceptors (Lipinski definition) is 8. The number of hydrogen-bond donors (Lipinski definition) is 0. The van der Waals surface area contributed by atoms with Crippen LogP contribution in [0.15, 0.2) is 58.3 Å². The Morgan fingerprint density at radius 1 is 1.06 bits per heavy atom. The van der Waals surface area contributed by atoms with Crippen molar-refractivity contribution >= 4 is 33.4 Å². The largest absolute Gasteiger partial charge is 0.454 e. The van der Waals surface area contributed by atoms with E-state index in [0.717, 1.165) is 29.1 Å². The molecule has 2 atom stereocenters. The molecule has 1 aliphatic carbocycles. The van der Waals surface area contributed by atoms with Crippen LogP contribution in [0.25, 0.3) is 0 Å². The molecule has 0 N–H and O–H groups in total. The van der Waals surface area contributed by atoms with Gasteiger partial charge in [-0.15, -0.1) is 23.5 Å². The Bertz CT molecular complexity index is 1130. The number of sulfone groups is 1. The fraction of sp³-hybridized carbons (Fsp3) is 0.417. The second-order valence-corrected chi connectivity index (χ2v) is 12.9. The highest BCUT2D eigenvalue weighted by Gasteiger charge is 2.41. The number of benzene rings is 2. The molecular weight excluding hydrogens is 480 g/mol. The van der Waals surface area contributed by atoms with Gasteiger partial charge in [0.05, 0.1) is 20.5 Å². The lowest BCUT2D eigenvalue weighted by Crippen LogP contribution is -2.24. The van der Waals surface area contributed by atoms with E-state index in [9.17, 15) is 8.42 Å². The van der Waals surface area contributed by atoms with Crippen molar-refractivity contribution in [1.82, 2.24) is 0 Å². The molecule has 2 heterocycles. The molecule has 0 saturated carbocycles. The maximum absolute atomic E-state index is 13.7. The van der Waals surface area contributed by atoms with Gasteiger partial charge in [-0.3, -0.25) is 0 Å². The Morgan fingerprint density at radius 3 is 2.52 bits per heavy atom. The zero-order valence-electron chi connectivity index (χ0n) is 18.3. The second kappa shape index (κ2) is 9.92. The third-order valence-electron chi connectivity index (χ3n) is 6.04. The van der Waals surface area contributed by atoms with Gasteiger partial charge in [-0.25, -0.2) is 8.42 Å². The number of ether oxygens (including phenoxy) is 4. The molecule has 2 aliphatic heterocycles. The SMILES string of the molecule is COCO[C@@H]1CC=C(S(=O)(=O)c2ccccc2)[C@@H]1c1cc2c(cc1CC1SCCS1)OCO2. The van der Waals surface area contributed by atoms with Crippen molar-refractivity contribution in [3.05, 3.63) is 64.6 Å². The van der Waals surface area contributed by atoms with Crippen molar-refractivity contribution in [3.8, 4) is 11.5 Å². The molecule has 3 aliphatic rings. The van der Waals surface area contributed by atoms with Crippen LogP contribution in [0.5, 0.6) is 11.5 Å². The number of rotatable bonds is 8. The minimum absolute atomic E-state index is 0.0991. The highest BCUT2D eigenvalue weighted by atomic mass is 32.2. The van der Waals surface area contributed by atoms with Crippen molar-refractivity contribution in [2.75, 3.05) is 32.2 Å². The summed E-state index contributed by atoms with van der Waals surface area (Å²) in [6.07, 6.45) is 2.78. The molecule has 0 unspecified atom stereocenters. The van der Waals surface area contributed by atoms with Crippen LogP contribution in [0.2, 0.25) is 0 Å². The van der Waals surface area contributed by atoms with Crippen LogP contribution in [0, 0.1) is 0 Å². The molecule has 1 saturated heterocycles. The molecule has 33 heavy (non-hydrogen) atoms. The predicted molar refractivity (Wildman–Crippen MR) is 131 cm³/mol. The predicted octanol–water partition coefficient (Wildman–Crippen LogP) is 4.60. The summed E-state index contributed by atoms with van der Waals surface area (Å²) < 4.78 is 50.3. The van der Waals surface area contributed by atoms with Crippen molar-refractivity contribution in [2.45, 2.75) is 34.3 Å². The lowest BCUT2D eigenvalue weighted by Gasteiger charge is -2.26. The van der Waals surface area contributed by atoms with Crippen LogP contribution >= 0.6 is 23.5 Å². The molecular formula is C24H26O6S3. The van der Waals surface area contributed by atoms with Gasteiger partial charge in [-0.1, -0.05) is 24.3 Å². The molecule has 2 aromatic rings. The first-order valence-electron chi connectivity index (χ1n) is 10.8. The lowest BCUT2D eigenvalue weighted by molar-refractivity contribution is -0.0723. The van der Waals surface area contributed by atoms with Crippen LogP contribution in [-0.2, 0) is 25.7 Å². The summed E-state index contributed by atoms with van der Waals surface area (Å²) in [4.78, 5) is 0.666. The standard InChI is InChI=1S/C24H26O6S3/c1-27-14-28-19-7-8-22(33(25,26)17-5-3-2-4-6-17)24(19)18-13-21-20(29-15-30-21)11-16(18)12-23-31-9-10-32-23/h2-6,8,11,13,19,23-24H,7,9-10,12,14-15H2,1H3/t19-,24-/m1/s1. The average Bonchev–Trinajstić information content (AvgIpc) is 3.58. The zero-order valence-corrected chi connectivity index (χ0v) is 20.7. The molecule has 9 heteroatoms. The third kappa shape index (κ3) is 4.66. The van der Waals surface area contributed by atoms with Gasteiger partial charge < -0.3 is 18.9 Å². The summed E-state index contributed by atoms with van der Waals surface area (Å²) in [7, 11) is -2.13. The van der Waals surface area contributed by atoms with Gasteiger partial charge >= 0.3 is 0 Å². The van der Waals surface area contributed by atoms with E-state index in [1.165, 1.54) is 0 Å². The number of methoxy groups -OCH3 is 1. The molecule has 0 radical (unpaired) electrons. The van der Waals surface area contributed by atoms with Gasteiger partial charge in [0, 0.05) is 24.5 Å². The highest BCUT2D eigenvalue weighted by molar-refractivity contribution is 8.20. The summed E-state index contributed by atoms with van der Waals surface area (Å²) in [5.41, 5.74) is 2.01. The van der Waals surface area contributed by atoms with Gasteiger partial charge in [-0.05, 0) is 48.2 Å². The lowest BCUT2D eigenvalue weighted by atomic mass is 9.90. The van der Waals surface area contributed by atoms with E-state index in [1.807, 2.05) is 41.7 Å². The van der Waals surface area contributed by atoms with Crippen molar-refractivity contribution < 1.29 is 27.4 Å². The van der Waals surface area contributed by atoms with Crippen LogP contribution in [0.1, 0.15) is 23.5 Å². The van der Waals surface area contributed by atoms with Crippen molar-refractivity contribution in [1.29, 1.82) is 0 Å². The topological polar surface area (TPSA) is 71.1 Å². The molecule has 0 aromatic heterocycles. The molecule has 0 spiro atoms. The average molecular weight is 507 g/mol. The summed E-state index contributed by atoms with van der Waals surface area (Å²) in [5, 5.41) is 0. The molecule has 0 amide bonds. The van der Waals surface area contributed by atoms with E-state index in [2.05, 4.69) is 0 Å². The van der Waals surface area contributed by atoms with Crippen LogP contribution < -0.4 is 9.47 Å². The Hall–Kier alpha value is -1.65. The van der Waals surface area contributed by atoms with E-state index in [4.69, 9.17) is 18.9 Å². The Balaban J connectivity index is 1.59. The summed E-state index contributed by atoms with van der Waals surface area (Å²) in [6, 6.07) is 12.6. The maximum Gasteiger partial charge on any atom is 0.231 e. The van der Waals surface area contributed by atoms with Crippen molar-refractivity contribution in [2.24, 2.45) is 0 Å². The van der Waals surface area contributed by atoms with Gasteiger partial charge in [0.15, 0.2) is 11.5 Å². The van der Waals surface area contributed by atoms with E-state index in [0.29, 0.717) is 27.4 Å². The van der Waals surface area contributed by atoms with E-state index >= 15 is 0 Å². The summed E-state index contributed by atoms with van der Waals surface area (Å²) in [5.74, 6) is 3.17. The molecule has 0 bridgehead atoms. The Kier molecular flexibility index (Phi) is 6.94. The first kappa shape index (κ1) is 23.1. The molecule has 2 aromatic carbocycles. The minimum Gasteiger partial charge on any atom is -0.454 e. The van der Waals surface area contributed by atoms with Crippen LogP contribution in [0.4, 0.5) is 0 Å². The van der Waals surface area contributed by atoms with E-state index < -0.39 is 15.8 Å². The van der Waals surface area contributed by atoms with Crippen molar-refractivity contribution in [3.63, 3.8) is 0 Å². The quantitative estimate of drug-likeness (QED) is 0.481. The fourth-order valence-electron chi connectivity index (χ4n) is 4.54. The van der Waals surface area contributed by atoms with E-state index in [1.54, 1.807) is 37.5 Å². The minimum atomic E-state index is -3.69. The Labute approximate surface area is 202 Å². The normalized spacial score (nSPS) is 22.6. The molecule has 5 rings (SSSR count). The third-order valence-corrected chi connectivity index (χ3v) is 11.0. The Morgan fingerprint density at radius 2 is 1.79 bits per heavy atom. The molecule has 176 valence electrons. The van der Waals surface area contributed by atoms with Gasteiger partial charge in [0.25, 0.3) is 0 Å². The van der Waals surface area contributed by atoms with Gasteiger partial charge in [0.1, 0.15) is 6.79 Å². The number of thioether (sulfide) groups is 2. The van der Waals surface area contributed by atoms with E-state index in [-0.39, 0.29) is 24.6 Å². The van der Waals surface area contributed by atoms with Gasteiger partial charge in [0.2, 0.25) is 16.6 Å². The summed E-state index contributed by atoms with van der Waals surface area (Å²) >= 11 is 3.89. The number of fused-ring (bicyclic) bond motifs is 1. The highest BCUT2D eigenvalue weighted by Crippen LogP contribution is 2.48. The maximum atomic E-state index is 13.7. The monoisotopic (exact) mass is 506 g/mol. The fourth-order valence-corrected chi connectivity index (χ4v) is 9.10. The first-order chi connectivity index (χ1) is 16.1. The van der Waals surface area contributed by atoms with Crippen LogP contribution in [-0.4, -0.2) is 51.3 Å². The molecule has 6 nitrogen and oxygen atoms in total. The van der Waals surface area contributed by atoms with Crippen LogP contribution in [0.3, 0.4) is 0 Å². The smallest absolute Gasteiger partial charge is 0.231 e. The summed E-state index contributed by atoms with van der Waals surface area (Å²) in [6.45, 7) is 0.270. The first-order valence-corrected chi connectivity index (χ1v) is 14.4. The second-order valence-electron chi connectivity index (χ2n) is 8.03. The molecule has 1 fully saturated rings. The zero-order chi connectivity index (χ0) is 22.8.